The van der Waals surface area contributed by atoms with Crippen LogP contribution in [0.25, 0.3) is 0 Å². The van der Waals surface area contributed by atoms with Gasteiger partial charge >= 0.3 is 0 Å². The number of hydrogen-bond acceptors (Lipinski definition) is 2. The Labute approximate surface area is 127 Å². The highest BCUT2D eigenvalue weighted by Crippen LogP contribution is 2.46. The molecule has 1 aromatic rings. The van der Waals surface area contributed by atoms with Gasteiger partial charge in [0.25, 0.3) is 0 Å². The van der Waals surface area contributed by atoms with Crippen molar-refractivity contribution in [2.24, 2.45) is 11.3 Å². The Kier molecular flexibility index (Phi) is 4.36. The molecule has 1 fully saturated rings. The van der Waals surface area contributed by atoms with Gasteiger partial charge in [-0.2, -0.15) is 0 Å². The van der Waals surface area contributed by atoms with Gasteiger partial charge in [-0.05, 0) is 54.7 Å². The quantitative estimate of drug-likeness (QED) is 0.851. The second-order valence-corrected chi connectivity index (χ2v) is 7.43. The Balaban J connectivity index is 2.17. The van der Waals surface area contributed by atoms with E-state index in [2.05, 4.69) is 20.8 Å². The molecule has 0 atom stereocenters. The molecule has 1 aliphatic rings. The van der Waals surface area contributed by atoms with Crippen molar-refractivity contribution < 1.29 is 9.84 Å². The molecule has 1 aliphatic carbocycles. The van der Waals surface area contributed by atoms with Crippen molar-refractivity contribution in [2.75, 3.05) is 7.11 Å². The van der Waals surface area contributed by atoms with Crippen LogP contribution in [0.5, 0.6) is 5.75 Å². The van der Waals surface area contributed by atoms with Gasteiger partial charge in [0.15, 0.2) is 0 Å². The molecular weight excluding hydrogens is 272 g/mol. The fourth-order valence-electron chi connectivity index (χ4n) is 3.20. The molecule has 112 valence electrons. The summed E-state index contributed by atoms with van der Waals surface area (Å²) < 4.78 is 5.25. The van der Waals surface area contributed by atoms with Crippen LogP contribution < -0.4 is 4.74 Å². The zero-order valence-electron chi connectivity index (χ0n) is 12.9. The van der Waals surface area contributed by atoms with E-state index in [-0.39, 0.29) is 0 Å². The van der Waals surface area contributed by atoms with E-state index in [4.69, 9.17) is 16.3 Å². The first-order valence-electron chi connectivity index (χ1n) is 7.33. The lowest BCUT2D eigenvalue weighted by Gasteiger charge is -2.41. The molecule has 1 N–H and O–H groups in total. The first-order chi connectivity index (χ1) is 9.26. The topological polar surface area (TPSA) is 29.5 Å². The third-order valence-electron chi connectivity index (χ3n) is 4.73. The van der Waals surface area contributed by atoms with Crippen LogP contribution in [0.15, 0.2) is 18.2 Å². The van der Waals surface area contributed by atoms with Crippen LogP contribution in [0.2, 0.25) is 5.02 Å². The Morgan fingerprint density at radius 3 is 2.35 bits per heavy atom. The van der Waals surface area contributed by atoms with Crippen molar-refractivity contribution in [1.29, 1.82) is 0 Å². The summed E-state index contributed by atoms with van der Waals surface area (Å²) in [5.41, 5.74) is 0.504. The van der Waals surface area contributed by atoms with E-state index >= 15 is 0 Å². The Morgan fingerprint density at radius 2 is 1.85 bits per heavy atom. The maximum atomic E-state index is 10.9. The summed E-state index contributed by atoms with van der Waals surface area (Å²) in [5.74, 6) is 1.31. The molecule has 1 saturated carbocycles. The highest BCUT2D eigenvalue weighted by Gasteiger charge is 2.38. The molecule has 0 aromatic heterocycles. The van der Waals surface area contributed by atoms with Gasteiger partial charge in [0.05, 0.1) is 17.7 Å². The lowest BCUT2D eigenvalue weighted by molar-refractivity contribution is -0.0299. The van der Waals surface area contributed by atoms with Gasteiger partial charge in [-0.25, -0.2) is 0 Å². The largest absolute Gasteiger partial charge is 0.495 e. The number of ether oxygens (including phenoxy) is 1. The van der Waals surface area contributed by atoms with Crippen LogP contribution >= 0.6 is 11.6 Å². The van der Waals surface area contributed by atoms with E-state index in [0.29, 0.717) is 22.1 Å². The van der Waals surface area contributed by atoms with Crippen LogP contribution in [0.3, 0.4) is 0 Å². The highest BCUT2D eigenvalue weighted by molar-refractivity contribution is 6.32. The fourth-order valence-corrected chi connectivity index (χ4v) is 3.39. The normalized spacial score (nSPS) is 27.4. The molecule has 0 unspecified atom stereocenters. The van der Waals surface area contributed by atoms with Crippen molar-refractivity contribution in [1.82, 2.24) is 0 Å². The average Bonchev–Trinajstić information content (AvgIpc) is 2.38. The molecule has 1 aromatic carbocycles. The number of halogens is 1. The summed E-state index contributed by atoms with van der Waals surface area (Å²) in [6.45, 7) is 6.86. The molecule has 20 heavy (non-hydrogen) atoms. The molecule has 3 heteroatoms. The molecule has 0 aliphatic heterocycles. The third kappa shape index (κ3) is 3.12. The Bertz CT molecular complexity index is 468. The molecule has 0 radical (unpaired) electrons. The zero-order valence-corrected chi connectivity index (χ0v) is 13.6. The molecule has 0 saturated heterocycles. The number of methoxy groups -OCH3 is 1. The van der Waals surface area contributed by atoms with Crippen molar-refractivity contribution in [3.05, 3.63) is 28.8 Å². The van der Waals surface area contributed by atoms with Gasteiger partial charge in [-0.15, -0.1) is 0 Å². The van der Waals surface area contributed by atoms with E-state index in [9.17, 15) is 5.11 Å². The minimum absolute atomic E-state index is 0.318. The van der Waals surface area contributed by atoms with Crippen LogP contribution in [0.4, 0.5) is 0 Å². The van der Waals surface area contributed by atoms with E-state index in [0.717, 1.165) is 31.2 Å². The fraction of sp³-hybridized carbons (Fsp3) is 0.647. The minimum Gasteiger partial charge on any atom is -0.495 e. The SMILES string of the molecule is COc1cc(C2(O)CCC(C(C)(C)C)CC2)ccc1Cl. The maximum absolute atomic E-state index is 10.9. The van der Waals surface area contributed by atoms with Crippen molar-refractivity contribution >= 4 is 11.6 Å². The van der Waals surface area contributed by atoms with Crippen LogP contribution in [-0.2, 0) is 5.60 Å². The zero-order chi connectivity index (χ0) is 15.0. The third-order valence-corrected chi connectivity index (χ3v) is 5.04. The van der Waals surface area contributed by atoms with Crippen LogP contribution in [-0.4, -0.2) is 12.2 Å². The van der Waals surface area contributed by atoms with E-state index in [1.807, 2.05) is 18.2 Å². The second kappa shape index (κ2) is 5.57. The molecule has 0 bridgehead atoms. The Morgan fingerprint density at radius 1 is 1.25 bits per heavy atom. The van der Waals surface area contributed by atoms with Crippen molar-refractivity contribution in [2.45, 2.75) is 52.1 Å². The Hall–Kier alpha value is -0.730. The second-order valence-electron chi connectivity index (χ2n) is 7.02. The standard InChI is InChI=1S/C17H25ClO2/c1-16(2,3)12-7-9-17(19,10-8-12)13-5-6-14(18)15(11-13)20-4/h5-6,11-12,19H,7-10H2,1-4H3. The number of hydrogen-bond donors (Lipinski definition) is 1. The molecule has 0 amide bonds. The first kappa shape index (κ1) is 15.7. The van der Waals surface area contributed by atoms with Gasteiger partial charge in [0.1, 0.15) is 5.75 Å². The van der Waals surface area contributed by atoms with Gasteiger partial charge in [0.2, 0.25) is 0 Å². The van der Waals surface area contributed by atoms with Crippen LogP contribution in [0, 0.1) is 11.3 Å². The number of rotatable bonds is 2. The van der Waals surface area contributed by atoms with E-state index < -0.39 is 5.60 Å². The maximum Gasteiger partial charge on any atom is 0.137 e. The molecule has 2 rings (SSSR count). The lowest BCUT2D eigenvalue weighted by Crippen LogP contribution is -2.35. The summed E-state index contributed by atoms with van der Waals surface area (Å²) >= 11 is 6.06. The summed E-state index contributed by atoms with van der Waals surface area (Å²) in [4.78, 5) is 0. The predicted octanol–water partition coefficient (Wildman–Crippen LogP) is 4.77. The van der Waals surface area contributed by atoms with E-state index in [1.54, 1.807) is 7.11 Å². The molecular formula is C17H25ClO2. The number of benzene rings is 1. The van der Waals surface area contributed by atoms with Crippen molar-refractivity contribution in [3.63, 3.8) is 0 Å². The molecule has 0 heterocycles. The molecule has 2 nitrogen and oxygen atoms in total. The first-order valence-corrected chi connectivity index (χ1v) is 7.70. The summed E-state index contributed by atoms with van der Waals surface area (Å²) in [6.07, 6.45) is 3.73. The predicted molar refractivity (Wildman–Crippen MR) is 83.3 cm³/mol. The van der Waals surface area contributed by atoms with E-state index in [1.165, 1.54) is 0 Å². The summed E-state index contributed by atoms with van der Waals surface area (Å²) in [7, 11) is 1.60. The van der Waals surface area contributed by atoms with Gasteiger partial charge in [0, 0.05) is 0 Å². The summed E-state index contributed by atoms with van der Waals surface area (Å²) in [5, 5.41) is 11.5. The van der Waals surface area contributed by atoms with Gasteiger partial charge in [-0.3, -0.25) is 0 Å². The molecule has 0 spiro atoms. The minimum atomic E-state index is -0.736. The summed E-state index contributed by atoms with van der Waals surface area (Å²) in [6, 6.07) is 5.60. The van der Waals surface area contributed by atoms with Crippen LogP contribution in [0.1, 0.15) is 52.0 Å². The van der Waals surface area contributed by atoms with Crippen molar-refractivity contribution in [3.8, 4) is 5.75 Å². The monoisotopic (exact) mass is 296 g/mol. The average molecular weight is 297 g/mol. The van der Waals surface area contributed by atoms with Gasteiger partial charge in [-0.1, -0.05) is 38.4 Å². The van der Waals surface area contributed by atoms with Gasteiger partial charge < -0.3 is 9.84 Å². The smallest absolute Gasteiger partial charge is 0.137 e. The highest BCUT2D eigenvalue weighted by atomic mass is 35.5. The lowest BCUT2D eigenvalue weighted by atomic mass is 9.67. The number of aliphatic hydroxyl groups is 1.